The predicted octanol–water partition coefficient (Wildman–Crippen LogP) is 2.43. The van der Waals surface area contributed by atoms with Crippen molar-refractivity contribution in [2.75, 3.05) is 12.9 Å². The van der Waals surface area contributed by atoms with Gasteiger partial charge in [-0.15, -0.1) is 0 Å². The summed E-state index contributed by atoms with van der Waals surface area (Å²) in [5.41, 5.74) is 1.47. The van der Waals surface area contributed by atoms with Gasteiger partial charge in [0.25, 0.3) is 0 Å². The second-order valence-electron chi connectivity index (χ2n) is 2.65. The zero-order valence-electron chi connectivity index (χ0n) is 6.59. The van der Waals surface area contributed by atoms with E-state index in [-0.39, 0.29) is 0 Å². The third-order valence-electron chi connectivity index (χ3n) is 1.66. The normalized spacial score (nSPS) is 30.6. The van der Waals surface area contributed by atoms with Crippen LogP contribution in [0.2, 0.25) is 0 Å². The van der Waals surface area contributed by atoms with Crippen LogP contribution >= 0.6 is 11.8 Å². The molecule has 1 nitrogen and oxygen atoms in total. The molecule has 0 aliphatic carbocycles. The molecule has 0 unspecified atom stereocenters. The lowest BCUT2D eigenvalue weighted by Gasteiger charge is -2.19. The van der Waals surface area contributed by atoms with Crippen molar-refractivity contribution >= 4 is 11.8 Å². The van der Waals surface area contributed by atoms with Crippen LogP contribution in [0.1, 0.15) is 19.8 Å². The molecule has 0 aromatic rings. The second kappa shape index (κ2) is 3.91. The molecule has 0 saturated carbocycles. The smallest absolute Gasteiger partial charge is 0.0817 e. The van der Waals surface area contributed by atoms with E-state index in [1.165, 1.54) is 24.2 Å². The van der Waals surface area contributed by atoms with Gasteiger partial charge in [-0.2, -0.15) is 11.8 Å². The summed E-state index contributed by atoms with van der Waals surface area (Å²) in [6.07, 6.45) is 4.32. The molecule has 1 heterocycles. The summed E-state index contributed by atoms with van der Waals surface area (Å²) in [4.78, 5) is 0. The minimum absolute atomic E-state index is 0.787. The van der Waals surface area contributed by atoms with Gasteiger partial charge in [0.15, 0.2) is 0 Å². The molecule has 0 N–H and O–H groups in total. The summed E-state index contributed by atoms with van der Waals surface area (Å²) in [5, 5.41) is 0.787. The highest BCUT2D eigenvalue weighted by molar-refractivity contribution is 7.99. The summed E-state index contributed by atoms with van der Waals surface area (Å²) < 4.78 is 4.96. The molecule has 1 aliphatic rings. The van der Waals surface area contributed by atoms with Crippen LogP contribution in [0.5, 0.6) is 0 Å². The number of ether oxygens (including phenoxy) is 1. The molecule has 0 aromatic carbocycles. The van der Waals surface area contributed by atoms with Gasteiger partial charge < -0.3 is 4.74 Å². The molecular weight excluding hydrogens is 144 g/mol. The Morgan fingerprint density at radius 2 is 2.50 bits per heavy atom. The highest BCUT2D eigenvalue weighted by Gasteiger charge is 2.12. The fourth-order valence-corrected chi connectivity index (χ4v) is 2.31. The maximum atomic E-state index is 4.96. The predicted molar refractivity (Wildman–Crippen MR) is 46.2 cm³/mol. The van der Waals surface area contributed by atoms with E-state index in [1.54, 1.807) is 7.11 Å². The van der Waals surface area contributed by atoms with Gasteiger partial charge in [-0.05, 0) is 24.2 Å². The van der Waals surface area contributed by atoms with Gasteiger partial charge in [-0.1, -0.05) is 6.92 Å². The molecule has 1 rings (SSSR count). The van der Waals surface area contributed by atoms with Gasteiger partial charge in [0.1, 0.15) is 0 Å². The van der Waals surface area contributed by atoms with E-state index < -0.39 is 0 Å². The highest BCUT2D eigenvalue weighted by Crippen LogP contribution is 2.28. The number of rotatable bonds is 1. The van der Waals surface area contributed by atoms with E-state index in [4.69, 9.17) is 4.74 Å². The second-order valence-corrected chi connectivity index (χ2v) is 4.19. The monoisotopic (exact) mass is 158 g/mol. The molecule has 0 amide bonds. The van der Waals surface area contributed by atoms with E-state index in [2.05, 4.69) is 18.7 Å². The topological polar surface area (TPSA) is 9.23 Å². The Bertz CT molecular complexity index is 131. The first-order valence-corrected chi connectivity index (χ1v) is 4.70. The Morgan fingerprint density at radius 3 is 3.10 bits per heavy atom. The number of thioether (sulfide) groups is 1. The Hall–Kier alpha value is -0.110. The molecule has 0 bridgehead atoms. The Morgan fingerprint density at radius 1 is 1.70 bits per heavy atom. The van der Waals surface area contributed by atoms with Crippen molar-refractivity contribution in [2.24, 2.45) is 0 Å². The van der Waals surface area contributed by atoms with Crippen LogP contribution in [0.4, 0.5) is 0 Å². The van der Waals surface area contributed by atoms with Crippen LogP contribution < -0.4 is 0 Å². The summed E-state index contributed by atoms with van der Waals surface area (Å²) in [6.45, 7) is 2.27. The van der Waals surface area contributed by atoms with Crippen molar-refractivity contribution in [3.63, 3.8) is 0 Å². The van der Waals surface area contributed by atoms with Gasteiger partial charge in [0.2, 0.25) is 0 Å². The van der Waals surface area contributed by atoms with E-state index in [0.717, 1.165) is 5.25 Å². The lowest BCUT2D eigenvalue weighted by molar-refractivity contribution is 0.331. The Kier molecular flexibility index (Phi) is 3.13. The van der Waals surface area contributed by atoms with Crippen molar-refractivity contribution in [1.82, 2.24) is 0 Å². The fourth-order valence-electron chi connectivity index (χ4n) is 1.20. The molecule has 10 heavy (non-hydrogen) atoms. The summed E-state index contributed by atoms with van der Waals surface area (Å²) >= 11 is 2.05. The van der Waals surface area contributed by atoms with Crippen LogP contribution in [0.25, 0.3) is 0 Å². The third kappa shape index (κ3) is 2.25. The lowest BCUT2D eigenvalue weighted by atomic mass is 10.1. The van der Waals surface area contributed by atoms with Crippen LogP contribution in [0, 0.1) is 0 Å². The van der Waals surface area contributed by atoms with Crippen molar-refractivity contribution in [3.8, 4) is 0 Å². The average Bonchev–Trinajstić information content (AvgIpc) is 1.88. The molecule has 1 saturated heterocycles. The third-order valence-corrected chi connectivity index (χ3v) is 2.84. The molecular formula is C8H14OS. The van der Waals surface area contributed by atoms with Crippen LogP contribution in [-0.2, 0) is 4.74 Å². The Labute approximate surface area is 66.8 Å². The van der Waals surface area contributed by atoms with E-state index in [9.17, 15) is 0 Å². The summed E-state index contributed by atoms with van der Waals surface area (Å²) in [5.74, 6) is 1.26. The fraction of sp³-hybridized carbons (Fsp3) is 0.750. The zero-order chi connectivity index (χ0) is 7.40. The quantitative estimate of drug-likeness (QED) is 0.542. The van der Waals surface area contributed by atoms with Gasteiger partial charge in [-0.25, -0.2) is 0 Å². The van der Waals surface area contributed by atoms with Crippen molar-refractivity contribution in [2.45, 2.75) is 25.0 Å². The first-order chi connectivity index (χ1) is 4.83. The van der Waals surface area contributed by atoms with Crippen LogP contribution in [0.3, 0.4) is 0 Å². The summed E-state index contributed by atoms with van der Waals surface area (Å²) in [7, 11) is 1.72. The minimum atomic E-state index is 0.787. The summed E-state index contributed by atoms with van der Waals surface area (Å²) in [6, 6.07) is 0. The van der Waals surface area contributed by atoms with E-state index in [1.807, 2.05) is 6.26 Å². The van der Waals surface area contributed by atoms with E-state index >= 15 is 0 Å². The molecule has 0 aromatic heterocycles. The van der Waals surface area contributed by atoms with Crippen LogP contribution in [0.15, 0.2) is 11.8 Å². The molecule has 1 atom stereocenters. The zero-order valence-corrected chi connectivity index (χ0v) is 7.41. The molecule has 2 heteroatoms. The maximum absolute atomic E-state index is 4.96. The maximum Gasteiger partial charge on any atom is 0.0817 e. The molecule has 0 spiro atoms. The largest absolute Gasteiger partial charge is 0.504 e. The van der Waals surface area contributed by atoms with Crippen molar-refractivity contribution in [3.05, 3.63) is 11.8 Å². The average molecular weight is 158 g/mol. The molecule has 1 aliphatic heterocycles. The van der Waals surface area contributed by atoms with Crippen molar-refractivity contribution < 1.29 is 4.74 Å². The van der Waals surface area contributed by atoms with Crippen molar-refractivity contribution in [1.29, 1.82) is 0 Å². The molecule has 1 fully saturated rings. The number of hydrogen-bond donors (Lipinski definition) is 0. The SMILES string of the molecule is CO/C=C1\CCS[C@H](C)C1. The van der Waals surface area contributed by atoms with Gasteiger partial charge in [0.05, 0.1) is 13.4 Å². The lowest BCUT2D eigenvalue weighted by Crippen LogP contribution is -2.07. The first-order valence-electron chi connectivity index (χ1n) is 3.65. The van der Waals surface area contributed by atoms with Gasteiger partial charge in [-0.3, -0.25) is 0 Å². The first kappa shape index (κ1) is 7.99. The van der Waals surface area contributed by atoms with Crippen LogP contribution in [-0.4, -0.2) is 18.1 Å². The Balaban J connectivity index is 2.39. The van der Waals surface area contributed by atoms with Gasteiger partial charge in [0, 0.05) is 5.25 Å². The van der Waals surface area contributed by atoms with Gasteiger partial charge >= 0.3 is 0 Å². The molecule has 58 valence electrons. The molecule has 0 radical (unpaired) electrons. The highest BCUT2D eigenvalue weighted by atomic mass is 32.2. The standard InChI is InChI=1S/C8H14OS/c1-7-5-8(6-9-2)3-4-10-7/h6-7H,3-5H2,1-2H3/b8-6+/t7-/m1/s1. The number of allylic oxidation sites excluding steroid dienone is 1. The minimum Gasteiger partial charge on any atom is -0.504 e. The van der Waals surface area contributed by atoms with E-state index in [0.29, 0.717) is 0 Å². The number of methoxy groups -OCH3 is 1. The number of hydrogen-bond acceptors (Lipinski definition) is 2.